The standard InChI is InChI=1S/C21H26N2O6/c1-26-17-11-14(12-18(27-2)19(17)28-3)13-22-20(24)15-6-8-23(9-7-15)21(25)16-5-4-10-29-16/h4-5,10-12,15H,6-9,13H2,1-3H3,(H,22,24). The maximum atomic E-state index is 12.6. The zero-order valence-electron chi connectivity index (χ0n) is 16.9. The van der Waals surface area contributed by atoms with E-state index < -0.39 is 0 Å². The SMILES string of the molecule is COc1cc(CNC(=O)C2CCN(C(=O)c3ccco3)CC2)cc(OC)c1OC. The van der Waals surface area contributed by atoms with Gasteiger partial charge in [0.2, 0.25) is 11.7 Å². The minimum absolute atomic E-state index is 0.0242. The summed E-state index contributed by atoms with van der Waals surface area (Å²) in [5.41, 5.74) is 0.846. The molecule has 2 amide bonds. The summed E-state index contributed by atoms with van der Waals surface area (Å²) in [4.78, 5) is 26.6. The summed E-state index contributed by atoms with van der Waals surface area (Å²) in [6.07, 6.45) is 2.72. The lowest BCUT2D eigenvalue weighted by molar-refractivity contribution is -0.126. The molecule has 1 fully saturated rings. The molecule has 1 N–H and O–H groups in total. The van der Waals surface area contributed by atoms with Gasteiger partial charge in [-0.2, -0.15) is 0 Å². The number of amides is 2. The van der Waals surface area contributed by atoms with E-state index in [2.05, 4.69) is 5.32 Å². The van der Waals surface area contributed by atoms with Gasteiger partial charge in [0.05, 0.1) is 27.6 Å². The number of rotatable bonds is 7. The van der Waals surface area contributed by atoms with Crippen LogP contribution < -0.4 is 19.5 Å². The van der Waals surface area contributed by atoms with Gasteiger partial charge < -0.3 is 28.8 Å². The van der Waals surface area contributed by atoms with Crippen molar-refractivity contribution in [1.29, 1.82) is 0 Å². The average Bonchev–Trinajstić information content (AvgIpc) is 3.31. The second-order valence-corrected chi connectivity index (χ2v) is 6.80. The molecule has 2 heterocycles. The van der Waals surface area contributed by atoms with Gasteiger partial charge in [-0.1, -0.05) is 0 Å². The Kier molecular flexibility index (Phi) is 6.64. The van der Waals surface area contributed by atoms with E-state index in [1.807, 2.05) is 12.1 Å². The Balaban J connectivity index is 1.55. The predicted octanol–water partition coefficient (Wildman–Crippen LogP) is 2.47. The maximum Gasteiger partial charge on any atom is 0.289 e. The number of nitrogens with zero attached hydrogens (tertiary/aromatic N) is 1. The predicted molar refractivity (Wildman–Crippen MR) is 105 cm³/mol. The second kappa shape index (κ2) is 9.36. The van der Waals surface area contributed by atoms with Crippen LogP contribution in [0.1, 0.15) is 29.0 Å². The number of hydrogen-bond acceptors (Lipinski definition) is 6. The fourth-order valence-corrected chi connectivity index (χ4v) is 3.47. The highest BCUT2D eigenvalue weighted by atomic mass is 16.5. The van der Waals surface area contributed by atoms with E-state index in [0.717, 1.165) is 5.56 Å². The van der Waals surface area contributed by atoms with Crippen LogP contribution in [0.4, 0.5) is 0 Å². The lowest BCUT2D eigenvalue weighted by Crippen LogP contribution is -2.42. The highest BCUT2D eigenvalue weighted by Gasteiger charge is 2.28. The van der Waals surface area contributed by atoms with E-state index in [0.29, 0.717) is 55.5 Å². The van der Waals surface area contributed by atoms with Crippen molar-refractivity contribution < 1.29 is 28.2 Å². The lowest BCUT2D eigenvalue weighted by Gasteiger charge is -2.30. The first-order valence-electron chi connectivity index (χ1n) is 9.46. The van der Waals surface area contributed by atoms with Gasteiger partial charge in [-0.3, -0.25) is 9.59 Å². The van der Waals surface area contributed by atoms with Gasteiger partial charge in [0.15, 0.2) is 17.3 Å². The first-order valence-corrected chi connectivity index (χ1v) is 9.46. The van der Waals surface area contributed by atoms with Crippen molar-refractivity contribution in [2.45, 2.75) is 19.4 Å². The topological polar surface area (TPSA) is 90.2 Å². The third-order valence-corrected chi connectivity index (χ3v) is 5.08. The fraction of sp³-hybridized carbons (Fsp3) is 0.429. The molecule has 1 aromatic carbocycles. The molecule has 8 nitrogen and oxygen atoms in total. The Morgan fingerprint density at radius 1 is 1.10 bits per heavy atom. The highest BCUT2D eigenvalue weighted by molar-refractivity contribution is 5.91. The molecule has 1 aliphatic heterocycles. The van der Waals surface area contributed by atoms with Crippen molar-refractivity contribution in [2.24, 2.45) is 5.92 Å². The zero-order valence-corrected chi connectivity index (χ0v) is 16.9. The largest absolute Gasteiger partial charge is 0.493 e. The van der Waals surface area contributed by atoms with Crippen LogP contribution in [0.2, 0.25) is 0 Å². The van der Waals surface area contributed by atoms with E-state index in [4.69, 9.17) is 18.6 Å². The van der Waals surface area contributed by atoms with Crippen molar-refractivity contribution in [3.8, 4) is 17.2 Å². The summed E-state index contributed by atoms with van der Waals surface area (Å²) < 4.78 is 21.2. The van der Waals surface area contributed by atoms with E-state index >= 15 is 0 Å². The van der Waals surface area contributed by atoms with Crippen LogP contribution in [-0.4, -0.2) is 51.1 Å². The van der Waals surface area contributed by atoms with Gasteiger partial charge in [0.1, 0.15) is 0 Å². The normalized spacial score (nSPS) is 14.4. The Labute approximate surface area is 169 Å². The van der Waals surface area contributed by atoms with E-state index in [9.17, 15) is 9.59 Å². The van der Waals surface area contributed by atoms with Crippen molar-refractivity contribution in [3.05, 3.63) is 41.9 Å². The maximum absolute atomic E-state index is 12.6. The molecule has 1 saturated heterocycles. The molecule has 3 rings (SSSR count). The molecule has 0 unspecified atom stereocenters. The van der Waals surface area contributed by atoms with Crippen LogP contribution in [0.15, 0.2) is 34.9 Å². The summed E-state index contributed by atoms with van der Waals surface area (Å²) in [7, 11) is 4.65. The molecule has 0 aliphatic carbocycles. The van der Waals surface area contributed by atoms with Crippen LogP contribution in [0.5, 0.6) is 17.2 Å². The minimum atomic E-state index is -0.133. The minimum Gasteiger partial charge on any atom is -0.493 e. The molecule has 1 aliphatic rings. The quantitative estimate of drug-likeness (QED) is 0.765. The van der Waals surface area contributed by atoms with Crippen LogP contribution in [0.25, 0.3) is 0 Å². The first-order chi connectivity index (χ1) is 14.1. The number of piperidine rings is 1. The molecule has 29 heavy (non-hydrogen) atoms. The van der Waals surface area contributed by atoms with Crippen molar-refractivity contribution in [3.63, 3.8) is 0 Å². The Bertz CT molecular complexity index is 816. The first kappa shape index (κ1) is 20.6. The van der Waals surface area contributed by atoms with Crippen LogP contribution in [0.3, 0.4) is 0 Å². The van der Waals surface area contributed by atoms with Gasteiger partial charge in [-0.15, -0.1) is 0 Å². The molecule has 0 spiro atoms. The summed E-state index contributed by atoms with van der Waals surface area (Å²) in [6, 6.07) is 6.97. The monoisotopic (exact) mass is 402 g/mol. The number of methoxy groups -OCH3 is 3. The zero-order chi connectivity index (χ0) is 20.8. The molecule has 1 aromatic heterocycles. The molecule has 156 valence electrons. The number of benzene rings is 1. The van der Waals surface area contributed by atoms with Gasteiger partial charge in [-0.05, 0) is 42.7 Å². The molecule has 0 bridgehead atoms. The molecule has 0 radical (unpaired) electrons. The van der Waals surface area contributed by atoms with E-state index in [1.165, 1.54) is 6.26 Å². The van der Waals surface area contributed by atoms with Gasteiger partial charge >= 0.3 is 0 Å². The van der Waals surface area contributed by atoms with Crippen molar-refractivity contribution in [2.75, 3.05) is 34.4 Å². The summed E-state index contributed by atoms with van der Waals surface area (Å²) >= 11 is 0. The van der Waals surface area contributed by atoms with Crippen LogP contribution >= 0.6 is 0 Å². The van der Waals surface area contributed by atoms with E-state index in [1.54, 1.807) is 38.4 Å². The van der Waals surface area contributed by atoms with Crippen molar-refractivity contribution in [1.82, 2.24) is 10.2 Å². The third kappa shape index (κ3) is 4.64. The number of likely N-dealkylation sites (tertiary alicyclic amines) is 1. The smallest absolute Gasteiger partial charge is 0.289 e. The number of hydrogen-bond donors (Lipinski definition) is 1. The summed E-state index contributed by atoms with van der Waals surface area (Å²) in [5.74, 6) is 1.64. The number of ether oxygens (including phenoxy) is 3. The van der Waals surface area contributed by atoms with Gasteiger partial charge in [0, 0.05) is 25.6 Å². The molecule has 8 heteroatoms. The van der Waals surface area contributed by atoms with Gasteiger partial charge in [-0.25, -0.2) is 0 Å². The molecule has 0 atom stereocenters. The molecule has 2 aromatic rings. The lowest BCUT2D eigenvalue weighted by atomic mass is 9.95. The average molecular weight is 402 g/mol. The van der Waals surface area contributed by atoms with Crippen LogP contribution in [-0.2, 0) is 11.3 Å². The molecular formula is C21H26N2O6. The third-order valence-electron chi connectivity index (χ3n) is 5.08. The molecular weight excluding hydrogens is 376 g/mol. The highest BCUT2D eigenvalue weighted by Crippen LogP contribution is 2.38. The Hall–Kier alpha value is -3.16. The molecule has 0 saturated carbocycles. The van der Waals surface area contributed by atoms with Crippen molar-refractivity contribution >= 4 is 11.8 Å². The second-order valence-electron chi connectivity index (χ2n) is 6.80. The number of furan rings is 1. The fourth-order valence-electron chi connectivity index (χ4n) is 3.47. The summed E-state index contributed by atoms with van der Waals surface area (Å²) in [6.45, 7) is 1.41. The van der Waals surface area contributed by atoms with E-state index in [-0.39, 0.29) is 17.7 Å². The summed E-state index contributed by atoms with van der Waals surface area (Å²) in [5, 5.41) is 2.97. The number of carbonyl (C=O) groups is 2. The Morgan fingerprint density at radius 3 is 2.28 bits per heavy atom. The number of carbonyl (C=O) groups excluding carboxylic acids is 2. The Morgan fingerprint density at radius 2 is 1.76 bits per heavy atom. The van der Waals surface area contributed by atoms with Crippen LogP contribution in [0, 0.1) is 5.92 Å². The number of nitrogens with one attached hydrogen (secondary N) is 1. The van der Waals surface area contributed by atoms with Gasteiger partial charge in [0.25, 0.3) is 5.91 Å².